The molecule has 0 unspecified atom stereocenters. The van der Waals surface area contributed by atoms with Crippen molar-refractivity contribution in [2.75, 3.05) is 0 Å². The summed E-state index contributed by atoms with van der Waals surface area (Å²) in [6.45, 7) is 0. The first-order valence-corrected chi connectivity index (χ1v) is 8.24. The minimum atomic E-state index is -4.76. The molecule has 4 nitrogen and oxygen atoms in total. The summed E-state index contributed by atoms with van der Waals surface area (Å²) in [6.07, 6.45) is -1.42. The van der Waals surface area contributed by atoms with Crippen LogP contribution in [0.2, 0.25) is 10.0 Å². The topological polar surface area (TPSA) is 47.8 Å². The number of benzene rings is 2. The summed E-state index contributed by atoms with van der Waals surface area (Å²) >= 11 is 11.6. The number of carbonyl (C=O) groups excluding carboxylic acids is 1. The lowest BCUT2D eigenvalue weighted by molar-refractivity contribution is -0.0689. The lowest BCUT2D eigenvalue weighted by atomic mass is 10.0. The normalized spacial score (nSPS) is 12.3. The number of carbonyl (C=O) groups is 1. The standard InChI is InChI=1S/C18H10Cl2F3N3O/c19-13-5-12(6-14(20)7-13)16(18(21,22)23)8-17(27)11-1-3-15(4-2-11)26-10-24-9-25-26/h1-10H. The molecule has 3 aromatic rings. The molecule has 0 atom stereocenters. The first-order valence-electron chi connectivity index (χ1n) is 7.49. The van der Waals surface area contributed by atoms with Crippen LogP contribution >= 0.6 is 23.2 Å². The van der Waals surface area contributed by atoms with Gasteiger partial charge in [0.1, 0.15) is 12.7 Å². The Labute approximate surface area is 161 Å². The predicted molar refractivity (Wildman–Crippen MR) is 96.2 cm³/mol. The number of aromatic nitrogens is 3. The van der Waals surface area contributed by atoms with E-state index in [2.05, 4.69) is 10.1 Å². The van der Waals surface area contributed by atoms with Crippen molar-refractivity contribution < 1.29 is 18.0 Å². The van der Waals surface area contributed by atoms with Gasteiger partial charge in [-0.2, -0.15) is 18.3 Å². The third kappa shape index (κ3) is 4.56. The molecule has 0 N–H and O–H groups in total. The van der Waals surface area contributed by atoms with E-state index in [1.165, 1.54) is 35.5 Å². The number of hydrogen-bond donors (Lipinski definition) is 0. The first kappa shape index (κ1) is 19.1. The quantitative estimate of drug-likeness (QED) is 0.426. The predicted octanol–water partition coefficient (Wildman–Crippen LogP) is 5.40. The molecule has 0 bridgehead atoms. The molecule has 0 fully saturated rings. The average Bonchev–Trinajstić information content (AvgIpc) is 3.12. The second-order valence-electron chi connectivity index (χ2n) is 5.47. The van der Waals surface area contributed by atoms with Gasteiger partial charge in [-0.3, -0.25) is 4.79 Å². The minimum absolute atomic E-state index is 0.0392. The second-order valence-corrected chi connectivity index (χ2v) is 6.34. The SMILES string of the molecule is O=C(C=C(c1cc(Cl)cc(Cl)c1)C(F)(F)F)c1ccc(-n2cncn2)cc1. The summed E-state index contributed by atoms with van der Waals surface area (Å²) in [5, 5.41) is 4.01. The molecule has 0 saturated heterocycles. The van der Waals surface area contributed by atoms with Crippen LogP contribution in [-0.4, -0.2) is 26.7 Å². The lowest BCUT2D eigenvalue weighted by Crippen LogP contribution is -2.13. The summed E-state index contributed by atoms with van der Waals surface area (Å²) in [5.74, 6) is -0.802. The van der Waals surface area contributed by atoms with Crippen LogP contribution in [0, 0.1) is 0 Å². The summed E-state index contributed by atoms with van der Waals surface area (Å²) in [5.41, 5.74) is -0.704. The third-order valence-electron chi connectivity index (χ3n) is 3.59. The molecule has 2 aromatic carbocycles. The highest BCUT2D eigenvalue weighted by Gasteiger charge is 2.35. The number of rotatable bonds is 4. The molecule has 0 aliphatic rings. The van der Waals surface area contributed by atoms with E-state index in [9.17, 15) is 18.0 Å². The summed E-state index contributed by atoms with van der Waals surface area (Å²) in [4.78, 5) is 16.2. The Bertz CT molecular complexity index is 977. The molecule has 0 aliphatic heterocycles. The smallest absolute Gasteiger partial charge is 0.289 e. The van der Waals surface area contributed by atoms with Crippen molar-refractivity contribution in [2.24, 2.45) is 0 Å². The lowest BCUT2D eigenvalue weighted by Gasteiger charge is -2.13. The maximum atomic E-state index is 13.5. The molecule has 1 heterocycles. The summed E-state index contributed by atoms with van der Waals surface area (Å²) in [6, 6.07) is 9.45. The van der Waals surface area contributed by atoms with Crippen LogP contribution in [-0.2, 0) is 0 Å². The first-order chi connectivity index (χ1) is 12.7. The number of nitrogens with zero attached hydrogens (tertiary/aromatic N) is 3. The van der Waals surface area contributed by atoms with Crippen molar-refractivity contribution in [1.29, 1.82) is 0 Å². The molecule has 0 saturated carbocycles. The van der Waals surface area contributed by atoms with Crippen molar-refractivity contribution in [3.63, 3.8) is 0 Å². The van der Waals surface area contributed by atoms with E-state index in [-0.39, 0.29) is 21.2 Å². The highest BCUT2D eigenvalue weighted by Crippen LogP contribution is 2.36. The molecular weight excluding hydrogens is 402 g/mol. The van der Waals surface area contributed by atoms with Gasteiger partial charge in [0, 0.05) is 15.6 Å². The number of ketones is 1. The van der Waals surface area contributed by atoms with Crippen LogP contribution < -0.4 is 0 Å². The molecule has 138 valence electrons. The summed E-state index contributed by atoms with van der Waals surface area (Å²) in [7, 11) is 0. The molecule has 1 aromatic heterocycles. The largest absolute Gasteiger partial charge is 0.417 e. The van der Waals surface area contributed by atoms with Gasteiger partial charge in [-0.25, -0.2) is 9.67 Å². The zero-order valence-corrected chi connectivity index (χ0v) is 14.9. The number of hydrogen-bond acceptors (Lipinski definition) is 3. The van der Waals surface area contributed by atoms with Gasteiger partial charge >= 0.3 is 6.18 Å². The van der Waals surface area contributed by atoms with E-state index in [0.717, 1.165) is 12.1 Å². The van der Waals surface area contributed by atoms with Crippen LogP contribution in [0.3, 0.4) is 0 Å². The molecule has 9 heteroatoms. The van der Waals surface area contributed by atoms with Gasteiger partial charge in [-0.05, 0) is 54.1 Å². The summed E-state index contributed by atoms with van der Waals surface area (Å²) < 4.78 is 41.9. The zero-order chi connectivity index (χ0) is 19.6. The monoisotopic (exact) mass is 411 g/mol. The Kier molecular flexibility index (Phi) is 5.34. The maximum Gasteiger partial charge on any atom is 0.417 e. The van der Waals surface area contributed by atoms with Gasteiger partial charge in [-0.1, -0.05) is 23.2 Å². The van der Waals surface area contributed by atoms with Crippen LogP contribution in [0.25, 0.3) is 11.3 Å². The van der Waals surface area contributed by atoms with E-state index >= 15 is 0 Å². The van der Waals surface area contributed by atoms with Crippen molar-refractivity contribution in [3.8, 4) is 5.69 Å². The maximum absolute atomic E-state index is 13.5. The van der Waals surface area contributed by atoms with E-state index in [1.54, 1.807) is 12.1 Å². The van der Waals surface area contributed by atoms with E-state index in [4.69, 9.17) is 23.2 Å². The van der Waals surface area contributed by atoms with Gasteiger partial charge in [0.05, 0.1) is 11.3 Å². The number of alkyl halides is 3. The van der Waals surface area contributed by atoms with Gasteiger partial charge < -0.3 is 0 Å². The highest BCUT2D eigenvalue weighted by atomic mass is 35.5. The fourth-order valence-corrected chi connectivity index (χ4v) is 2.90. The number of halogens is 5. The van der Waals surface area contributed by atoms with Crippen LogP contribution in [0.15, 0.2) is 61.2 Å². The molecule has 0 radical (unpaired) electrons. The third-order valence-corrected chi connectivity index (χ3v) is 4.03. The van der Waals surface area contributed by atoms with Gasteiger partial charge in [0.15, 0.2) is 5.78 Å². The van der Waals surface area contributed by atoms with Crippen molar-refractivity contribution in [1.82, 2.24) is 14.8 Å². The molecule has 0 spiro atoms. The fourth-order valence-electron chi connectivity index (χ4n) is 2.37. The zero-order valence-electron chi connectivity index (χ0n) is 13.4. The molecule has 0 amide bonds. The van der Waals surface area contributed by atoms with Crippen LogP contribution in [0.1, 0.15) is 15.9 Å². The molecule has 3 rings (SSSR count). The van der Waals surface area contributed by atoms with E-state index in [1.807, 2.05) is 0 Å². The Morgan fingerprint density at radius 1 is 1.00 bits per heavy atom. The Morgan fingerprint density at radius 3 is 2.15 bits per heavy atom. The van der Waals surface area contributed by atoms with Crippen molar-refractivity contribution in [3.05, 3.63) is 82.4 Å². The van der Waals surface area contributed by atoms with Gasteiger partial charge in [0.25, 0.3) is 0 Å². The highest BCUT2D eigenvalue weighted by molar-refractivity contribution is 6.35. The Hall–Kier alpha value is -2.64. The molecule has 27 heavy (non-hydrogen) atoms. The average molecular weight is 412 g/mol. The van der Waals surface area contributed by atoms with Gasteiger partial charge in [0.2, 0.25) is 0 Å². The molecule has 0 aliphatic carbocycles. The van der Waals surface area contributed by atoms with E-state index < -0.39 is 17.5 Å². The second kappa shape index (κ2) is 7.54. The van der Waals surface area contributed by atoms with Crippen LogP contribution in [0.5, 0.6) is 0 Å². The molecular formula is C18H10Cl2F3N3O. The van der Waals surface area contributed by atoms with Crippen LogP contribution in [0.4, 0.5) is 13.2 Å². The van der Waals surface area contributed by atoms with Gasteiger partial charge in [-0.15, -0.1) is 0 Å². The van der Waals surface area contributed by atoms with Crippen molar-refractivity contribution >= 4 is 34.6 Å². The van der Waals surface area contributed by atoms with Crippen molar-refractivity contribution in [2.45, 2.75) is 6.18 Å². The minimum Gasteiger partial charge on any atom is -0.289 e. The Balaban J connectivity index is 1.96. The number of allylic oxidation sites excluding steroid dienone is 2. The Morgan fingerprint density at radius 2 is 1.63 bits per heavy atom. The van der Waals surface area contributed by atoms with E-state index in [0.29, 0.717) is 11.8 Å². The fraction of sp³-hybridized carbons (Fsp3) is 0.0556.